The van der Waals surface area contributed by atoms with E-state index in [0.29, 0.717) is 11.3 Å². The van der Waals surface area contributed by atoms with Gasteiger partial charge >= 0.3 is 0 Å². The number of amides is 1. The lowest BCUT2D eigenvalue weighted by Crippen LogP contribution is -2.60. The van der Waals surface area contributed by atoms with Crippen molar-refractivity contribution < 1.29 is 24.1 Å². The van der Waals surface area contributed by atoms with Gasteiger partial charge in [0.15, 0.2) is 11.5 Å². The third kappa shape index (κ3) is 3.33. The van der Waals surface area contributed by atoms with Gasteiger partial charge in [-0.2, -0.15) is 0 Å². The largest absolute Gasteiger partial charge is 0.504 e. The van der Waals surface area contributed by atoms with E-state index in [1.54, 1.807) is 13.2 Å². The number of nitrogens with zero attached hydrogens (tertiary/aromatic N) is 1. The van der Waals surface area contributed by atoms with Crippen molar-refractivity contribution >= 4 is 5.91 Å². The molecule has 2 fully saturated rings. The zero-order valence-corrected chi connectivity index (χ0v) is 18.2. The Balaban J connectivity index is 1.45. The number of likely N-dealkylation sites (tertiary alicyclic amines) is 1. The van der Waals surface area contributed by atoms with Gasteiger partial charge in [-0.1, -0.05) is 12.1 Å². The summed E-state index contributed by atoms with van der Waals surface area (Å²) in [6, 6.07) is 12.8. The molecule has 2 saturated heterocycles. The molecule has 0 bridgehead atoms. The molecule has 3 heterocycles. The Labute approximate surface area is 182 Å². The zero-order valence-electron chi connectivity index (χ0n) is 18.2. The quantitative estimate of drug-likeness (QED) is 0.779. The number of hydrogen-bond acceptors (Lipinski definition) is 5. The van der Waals surface area contributed by atoms with Gasteiger partial charge < -0.3 is 24.2 Å². The van der Waals surface area contributed by atoms with Crippen molar-refractivity contribution in [3.8, 4) is 17.2 Å². The molecule has 3 aliphatic rings. The van der Waals surface area contributed by atoms with E-state index in [9.17, 15) is 9.90 Å². The first-order chi connectivity index (χ1) is 14.9. The number of fused-ring (bicyclic) bond motifs is 4. The fourth-order valence-corrected chi connectivity index (χ4v) is 5.43. The second-order valence-electron chi connectivity index (χ2n) is 9.27. The molecule has 0 radical (unpaired) electrons. The number of ether oxygens (including phenoxy) is 3. The number of phenolic OH excluding ortho intramolecular Hbond substituents is 1. The summed E-state index contributed by atoms with van der Waals surface area (Å²) in [7, 11) is 1.62. The van der Waals surface area contributed by atoms with Crippen LogP contribution in [0.15, 0.2) is 42.5 Å². The lowest BCUT2D eigenvalue weighted by Gasteiger charge is -2.54. The molecular weight excluding hydrogens is 394 g/mol. The molecule has 31 heavy (non-hydrogen) atoms. The molecule has 3 aliphatic heterocycles. The van der Waals surface area contributed by atoms with Gasteiger partial charge in [-0.3, -0.25) is 4.79 Å². The molecule has 164 valence electrons. The van der Waals surface area contributed by atoms with E-state index in [0.717, 1.165) is 37.1 Å². The highest BCUT2D eigenvalue weighted by Gasteiger charge is 2.53. The Morgan fingerprint density at radius 3 is 2.71 bits per heavy atom. The van der Waals surface area contributed by atoms with Crippen molar-refractivity contribution in [3.05, 3.63) is 53.6 Å². The van der Waals surface area contributed by atoms with Gasteiger partial charge in [0.25, 0.3) is 5.91 Å². The van der Waals surface area contributed by atoms with Crippen molar-refractivity contribution in [2.45, 2.75) is 57.0 Å². The molecular formula is C25H29NO5. The topological polar surface area (TPSA) is 68.2 Å². The van der Waals surface area contributed by atoms with E-state index in [-0.39, 0.29) is 35.8 Å². The summed E-state index contributed by atoms with van der Waals surface area (Å²) in [6.45, 7) is 4.82. The molecule has 0 spiro atoms. The summed E-state index contributed by atoms with van der Waals surface area (Å²) >= 11 is 0. The second kappa shape index (κ2) is 7.45. The van der Waals surface area contributed by atoms with Crippen LogP contribution in [0.1, 0.15) is 55.1 Å². The van der Waals surface area contributed by atoms with Crippen molar-refractivity contribution in [2.24, 2.45) is 5.92 Å². The van der Waals surface area contributed by atoms with Crippen molar-refractivity contribution in [2.75, 3.05) is 13.7 Å². The van der Waals surface area contributed by atoms with Crippen LogP contribution < -0.4 is 9.47 Å². The van der Waals surface area contributed by atoms with E-state index in [1.807, 2.05) is 55.1 Å². The van der Waals surface area contributed by atoms with E-state index in [1.165, 1.54) is 0 Å². The van der Waals surface area contributed by atoms with E-state index < -0.39 is 5.60 Å². The van der Waals surface area contributed by atoms with E-state index >= 15 is 0 Å². The number of carbonyl (C=O) groups is 1. The Morgan fingerprint density at radius 1 is 1.19 bits per heavy atom. The van der Waals surface area contributed by atoms with Crippen molar-refractivity contribution in [3.63, 3.8) is 0 Å². The van der Waals surface area contributed by atoms with Crippen LogP contribution in [0.5, 0.6) is 17.2 Å². The average Bonchev–Trinajstić information content (AvgIpc) is 2.78. The molecule has 1 N–H and O–H groups in total. The lowest BCUT2D eigenvalue weighted by molar-refractivity contribution is -0.184. The molecule has 0 aromatic heterocycles. The molecule has 2 aromatic rings. The molecule has 4 atom stereocenters. The van der Waals surface area contributed by atoms with Gasteiger partial charge in [0.05, 0.1) is 25.4 Å². The van der Waals surface area contributed by atoms with Crippen LogP contribution >= 0.6 is 0 Å². The minimum atomic E-state index is -0.520. The fourth-order valence-electron chi connectivity index (χ4n) is 5.43. The summed E-state index contributed by atoms with van der Waals surface area (Å²) < 4.78 is 18.1. The third-order valence-electron chi connectivity index (χ3n) is 7.09. The highest BCUT2D eigenvalue weighted by Crippen LogP contribution is 2.54. The highest BCUT2D eigenvalue weighted by molar-refractivity contribution is 5.94. The van der Waals surface area contributed by atoms with Crippen molar-refractivity contribution in [1.82, 2.24) is 4.90 Å². The molecule has 0 saturated carbocycles. The van der Waals surface area contributed by atoms with Gasteiger partial charge in [-0.05, 0) is 63.4 Å². The van der Waals surface area contributed by atoms with Crippen LogP contribution in [0.25, 0.3) is 0 Å². The summed E-state index contributed by atoms with van der Waals surface area (Å²) in [6.07, 6.45) is 2.46. The zero-order chi connectivity index (χ0) is 21.8. The lowest BCUT2D eigenvalue weighted by atomic mass is 9.72. The highest BCUT2D eigenvalue weighted by atomic mass is 16.5. The number of aromatic hydroxyl groups is 1. The maximum Gasteiger partial charge on any atom is 0.254 e. The normalized spacial score (nSPS) is 28.5. The Morgan fingerprint density at radius 2 is 1.97 bits per heavy atom. The number of benzene rings is 2. The first kappa shape index (κ1) is 20.2. The number of hydrogen-bond donors (Lipinski definition) is 1. The maximum absolute atomic E-state index is 13.4. The van der Waals surface area contributed by atoms with Gasteiger partial charge in [0.2, 0.25) is 0 Å². The Kier molecular flexibility index (Phi) is 4.85. The van der Waals surface area contributed by atoms with Gasteiger partial charge in [-0.25, -0.2) is 0 Å². The number of methoxy groups -OCH3 is 1. The number of phenols is 1. The second-order valence-corrected chi connectivity index (χ2v) is 9.27. The van der Waals surface area contributed by atoms with Crippen LogP contribution in [0.3, 0.4) is 0 Å². The number of para-hydroxylation sites is 1. The van der Waals surface area contributed by atoms with Crippen LogP contribution in [0.4, 0.5) is 0 Å². The molecule has 6 nitrogen and oxygen atoms in total. The smallest absolute Gasteiger partial charge is 0.254 e. The van der Waals surface area contributed by atoms with Gasteiger partial charge in [0.1, 0.15) is 11.4 Å². The average molecular weight is 424 g/mol. The van der Waals surface area contributed by atoms with E-state index in [4.69, 9.17) is 14.2 Å². The van der Waals surface area contributed by atoms with Crippen LogP contribution in [0.2, 0.25) is 0 Å². The monoisotopic (exact) mass is 423 g/mol. The number of carbonyl (C=O) groups excluding carboxylic acids is 1. The molecule has 2 aromatic carbocycles. The van der Waals surface area contributed by atoms with E-state index in [2.05, 4.69) is 0 Å². The molecule has 1 amide bonds. The standard InChI is InChI=1S/C25H29NO5/c1-25(2)18-14-19-21(30-22(18)17-6-4-7-20(27)23(17)31-25)8-5-13-26(19)24(28)15-9-11-16(29-3)12-10-15/h4,6-7,9-12,18-19,21-22,27H,5,8,13-14H2,1-3H3/t18-,19-,21-,22+/m1/s1. The fraction of sp³-hybridized carbons (Fsp3) is 0.480. The number of piperidine rings is 1. The van der Waals surface area contributed by atoms with Crippen LogP contribution in [-0.2, 0) is 4.74 Å². The van der Waals surface area contributed by atoms with Gasteiger partial charge in [-0.15, -0.1) is 0 Å². The maximum atomic E-state index is 13.4. The predicted molar refractivity (Wildman–Crippen MR) is 116 cm³/mol. The van der Waals surface area contributed by atoms with Crippen molar-refractivity contribution in [1.29, 1.82) is 0 Å². The first-order valence-electron chi connectivity index (χ1n) is 11.0. The Hall–Kier alpha value is -2.73. The molecule has 6 heteroatoms. The number of rotatable bonds is 2. The summed E-state index contributed by atoms with van der Waals surface area (Å²) in [5, 5.41) is 10.3. The summed E-state index contributed by atoms with van der Waals surface area (Å²) in [5.74, 6) is 1.52. The summed E-state index contributed by atoms with van der Waals surface area (Å²) in [4.78, 5) is 15.4. The first-order valence-corrected chi connectivity index (χ1v) is 11.0. The molecule has 0 unspecified atom stereocenters. The Bertz CT molecular complexity index is 986. The third-order valence-corrected chi connectivity index (χ3v) is 7.09. The van der Waals surface area contributed by atoms with Crippen LogP contribution in [-0.4, -0.2) is 47.3 Å². The minimum absolute atomic E-state index is 0.00587. The molecule has 5 rings (SSSR count). The summed E-state index contributed by atoms with van der Waals surface area (Å²) in [5.41, 5.74) is 1.05. The predicted octanol–water partition coefficient (Wildman–Crippen LogP) is 4.32. The van der Waals surface area contributed by atoms with Gasteiger partial charge in [0, 0.05) is 23.6 Å². The SMILES string of the molecule is COc1ccc(C(=O)N2CCC[C@H]3O[C@H]4c5cccc(O)c5OC(C)(C)[C@@H]4C[C@H]32)cc1. The molecule has 0 aliphatic carbocycles. The minimum Gasteiger partial charge on any atom is -0.504 e. The van der Waals surface area contributed by atoms with Crippen LogP contribution in [0, 0.1) is 5.92 Å².